The fourth-order valence-corrected chi connectivity index (χ4v) is 4.60. The fourth-order valence-electron chi connectivity index (χ4n) is 4.60. The minimum Gasteiger partial charge on any atom is -0.378 e. The van der Waals surface area contributed by atoms with E-state index in [0.29, 0.717) is 13.0 Å². The van der Waals surface area contributed by atoms with E-state index in [1.165, 1.54) is 0 Å². The summed E-state index contributed by atoms with van der Waals surface area (Å²) in [5.41, 5.74) is 6.38. The molecule has 4 rings (SSSR count). The average molecular weight is 449 g/mol. The van der Waals surface area contributed by atoms with Crippen LogP contribution in [-0.4, -0.2) is 76.8 Å². The van der Waals surface area contributed by atoms with Crippen molar-refractivity contribution in [1.82, 2.24) is 24.7 Å². The van der Waals surface area contributed by atoms with Gasteiger partial charge in [-0.25, -0.2) is 4.98 Å². The molecule has 2 aliphatic rings. The molecule has 4 heterocycles. The fraction of sp³-hybridized carbons (Fsp3) is 0.440. The van der Waals surface area contributed by atoms with Gasteiger partial charge in [0.25, 0.3) is 0 Å². The summed E-state index contributed by atoms with van der Waals surface area (Å²) in [5.74, 6) is 0.210. The minimum absolute atomic E-state index is 0.210. The molecule has 0 spiro atoms. The Hall–Kier alpha value is -3.42. The molecule has 174 valence electrons. The average Bonchev–Trinajstić information content (AvgIpc) is 2.86. The predicted octanol–water partition coefficient (Wildman–Crippen LogP) is 2.97. The summed E-state index contributed by atoms with van der Waals surface area (Å²) in [5, 5.41) is 3.42. The summed E-state index contributed by atoms with van der Waals surface area (Å²) >= 11 is 0. The van der Waals surface area contributed by atoms with E-state index >= 15 is 0 Å². The molecule has 0 unspecified atom stereocenters. The topological polar surface area (TPSA) is 81.7 Å². The number of pyridine rings is 2. The third kappa shape index (κ3) is 4.55. The standard InChI is InChI=1S/C25H32N6O2/c1-5-23(33)31-12-10-19(11-13-31)30(4)25-22(29(3)16-32)15-27-21-9-8-20(28-24(21)25)18-7-6-17(2)26-14-18/h6-9,14,16,19,27H,5,10-13,15H2,1-4H3. The molecule has 2 aliphatic heterocycles. The van der Waals surface area contributed by atoms with Crippen LogP contribution in [0.1, 0.15) is 37.6 Å². The molecule has 0 saturated carbocycles. The van der Waals surface area contributed by atoms with Crippen molar-refractivity contribution in [2.75, 3.05) is 39.0 Å². The molecule has 1 N–H and O–H groups in total. The van der Waals surface area contributed by atoms with Gasteiger partial charge in [-0.2, -0.15) is 0 Å². The maximum Gasteiger partial charge on any atom is 0.222 e. The zero-order valence-corrected chi connectivity index (χ0v) is 19.8. The van der Waals surface area contributed by atoms with Crippen LogP contribution in [0.3, 0.4) is 0 Å². The Bertz CT molecular complexity index is 1060. The van der Waals surface area contributed by atoms with Crippen LogP contribution >= 0.6 is 0 Å². The monoisotopic (exact) mass is 448 g/mol. The van der Waals surface area contributed by atoms with E-state index in [2.05, 4.69) is 22.2 Å². The van der Waals surface area contributed by atoms with E-state index in [1.807, 2.05) is 49.2 Å². The van der Waals surface area contributed by atoms with E-state index < -0.39 is 0 Å². The Labute approximate surface area is 195 Å². The maximum absolute atomic E-state index is 12.1. The molecule has 2 aromatic heterocycles. The third-order valence-corrected chi connectivity index (χ3v) is 6.65. The summed E-state index contributed by atoms with van der Waals surface area (Å²) < 4.78 is 0. The number of anilines is 1. The molecule has 0 atom stereocenters. The van der Waals surface area contributed by atoms with Crippen LogP contribution in [0.25, 0.3) is 17.0 Å². The van der Waals surface area contributed by atoms with Crippen molar-refractivity contribution < 1.29 is 9.59 Å². The molecule has 2 aromatic rings. The van der Waals surface area contributed by atoms with E-state index in [1.54, 1.807) is 11.9 Å². The predicted molar refractivity (Wildman–Crippen MR) is 129 cm³/mol. The number of likely N-dealkylation sites (tertiary alicyclic amines) is 1. The molecule has 8 heteroatoms. The van der Waals surface area contributed by atoms with Gasteiger partial charge in [-0.05, 0) is 44.0 Å². The second kappa shape index (κ2) is 9.60. The van der Waals surface area contributed by atoms with Gasteiger partial charge in [0.15, 0.2) is 0 Å². The molecule has 2 amide bonds. The molecule has 0 radical (unpaired) electrons. The lowest BCUT2D eigenvalue weighted by Gasteiger charge is -2.41. The van der Waals surface area contributed by atoms with E-state index in [9.17, 15) is 9.59 Å². The van der Waals surface area contributed by atoms with Gasteiger partial charge >= 0.3 is 0 Å². The lowest BCUT2D eigenvalue weighted by molar-refractivity contribution is -0.132. The van der Waals surface area contributed by atoms with Crippen molar-refractivity contribution in [3.8, 4) is 11.3 Å². The van der Waals surface area contributed by atoms with Crippen LogP contribution in [0, 0.1) is 6.92 Å². The Morgan fingerprint density at radius 2 is 1.97 bits per heavy atom. The third-order valence-electron chi connectivity index (χ3n) is 6.65. The van der Waals surface area contributed by atoms with Crippen LogP contribution in [0.5, 0.6) is 0 Å². The van der Waals surface area contributed by atoms with Gasteiger partial charge in [-0.15, -0.1) is 0 Å². The number of aromatic nitrogens is 2. The number of amides is 2. The van der Waals surface area contributed by atoms with Crippen molar-refractivity contribution in [3.05, 3.63) is 47.5 Å². The number of fused-ring (bicyclic) bond motifs is 1. The smallest absolute Gasteiger partial charge is 0.222 e. The first-order valence-electron chi connectivity index (χ1n) is 11.5. The van der Waals surface area contributed by atoms with E-state index in [-0.39, 0.29) is 11.9 Å². The minimum atomic E-state index is 0.210. The Morgan fingerprint density at radius 1 is 1.21 bits per heavy atom. The number of nitrogens with one attached hydrogen (secondary N) is 1. The van der Waals surface area contributed by atoms with E-state index in [4.69, 9.17) is 4.98 Å². The van der Waals surface area contributed by atoms with Crippen LogP contribution in [0.15, 0.2) is 36.2 Å². The molecule has 1 fully saturated rings. The lowest BCUT2D eigenvalue weighted by atomic mass is 9.99. The molecule has 8 nitrogen and oxygen atoms in total. The van der Waals surface area contributed by atoms with Crippen LogP contribution in [0.2, 0.25) is 0 Å². The number of likely N-dealkylation sites (N-methyl/N-ethyl adjacent to an activating group) is 1. The van der Waals surface area contributed by atoms with Gasteiger partial charge < -0.3 is 20.0 Å². The highest BCUT2D eigenvalue weighted by atomic mass is 16.2. The number of hydrogen-bond acceptors (Lipinski definition) is 6. The summed E-state index contributed by atoms with van der Waals surface area (Å²) in [6.07, 6.45) is 4.99. The Morgan fingerprint density at radius 3 is 2.61 bits per heavy atom. The van der Waals surface area contributed by atoms with Crippen molar-refractivity contribution in [2.24, 2.45) is 0 Å². The second-order valence-corrected chi connectivity index (χ2v) is 8.72. The quantitative estimate of drug-likeness (QED) is 0.685. The molecular formula is C25H32N6O2. The molecule has 0 aromatic carbocycles. The normalized spacial score (nSPS) is 16.2. The van der Waals surface area contributed by atoms with Crippen LogP contribution < -0.4 is 5.32 Å². The summed E-state index contributed by atoms with van der Waals surface area (Å²) in [7, 11) is 3.85. The zero-order chi connectivity index (χ0) is 23.5. The maximum atomic E-state index is 12.1. The van der Waals surface area contributed by atoms with Gasteiger partial charge in [0.2, 0.25) is 12.3 Å². The SMILES string of the molecule is CCC(=O)N1CCC(N(C)C2=C(N(C)C=O)CNc3ccc(-c4ccc(C)nc4)nc32)CC1. The number of carbonyl (C=O) groups excluding carboxylic acids is 2. The number of piperidine rings is 1. The summed E-state index contributed by atoms with van der Waals surface area (Å²) in [6.45, 7) is 5.92. The highest BCUT2D eigenvalue weighted by Crippen LogP contribution is 2.36. The van der Waals surface area contributed by atoms with Crippen LogP contribution in [0.4, 0.5) is 5.69 Å². The molecule has 0 bridgehead atoms. The van der Waals surface area contributed by atoms with Crippen LogP contribution in [-0.2, 0) is 9.59 Å². The largest absolute Gasteiger partial charge is 0.378 e. The van der Waals surface area contributed by atoms with Gasteiger partial charge in [0.05, 0.1) is 29.3 Å². The Kier molecular flexibility index (Phi) is 6.62. The Balaban J connectivity index is 1.70. The number of rotatable bonds is 6. The van der Waals surface area contributed by atoms with Gasteiger partial charge in [0.1, 0.15) is 5.69 Å². The second-order valence-electron chi connectivity index (χ2n) is 8.72. The highest BCUT2D eigenvalue weighted by molar-refractivity contribution is 5.81. The van der Waals surface area contributed by atoms with Crippen molar-refractivity contribution in [3.63, 3.8) is 0 Å². The molecule has 1 saturated heterocycles. The molecule has 0 aliphatic carbocycles. The van der Waals surface area contributed by atoms with Crippen molar-refractivity contribution >= 4 is 23.7 Å². The molecular weight excluding hydrogens is 416 g/mol. The van der Waals surface area contributed by atoms with Gasteiger partial charge in [-0.3, -0.25) is 14.6 Å². The van der Waals surface area contributed by atoms with Crippen molar-refractivity contribution in [1.29, 1.82) is 0 Å². The zero-order valence-electron chi connectivity index (χ0n) is 19.8. The van der Waals surface area contributed by atoms with E-state index in [0.717, 1.165) is 72.1 Å². The first-order valence-corrected chi connectivity index (χ1v) is 11.5. The van der Waals surface area contributed by atoms with Gasteiger partial charge in [0, 0.05) is 57.1 Å². The first kappa shape index (κ1) is 22.8. The number of carbonyl (C=O) groups is 2. The van der Waals surface area contributed by atoms with Crippen molar-refractivity contribution in [2.45, 2.75) is 39.2 Å². The number of hydrogen-bond donors (Lipinski definition) is 1. The van der Waals surface area contributed by atoms with Gasteiger partial charge in [-0.1, -0.05) is 6.92 Å². The first-order chi connectivity index (χ1) is 15.9. The molecule has 33 heavy (non-hydrogen) atoms. The number of aryl methyl sites for hydroxylation is 1. The highest BCUT2D eigenvalue weighted by Gasteiger charge is 2.31. The number of nitrogens with zero attached hydrogens (tertiary/aromatic N) is 5. The lowest BCUT2D eigenvalue weighted by Crippen LogP contribution is -2.46. The summed E-state index contributed by atoms with van der Waals surface area (Å²) in [6, 6.07) is 8.31. The summed E-state index contributed by atoms with van der Waals surface area (Å²) in [4.78, 5) is 39.1.